The van der Waals surface area contributed by atoms with Crippen molar-refractivity contribution >= 4 is 16.1 Å². The Kier molecular flexibility index (Phi) is 5.90. The molecule has 1 amide bonds. The number of carbonyl (C=O) groups excluding carboxylic acids is 1. The van der Waals surface area contributed by atoms with Gasteiger partial charge in [0.1, 0.15) is 5.76 Å². The average Bonchev–Trinajstić information content (AvgIpc) is 3.12. The van der Waals surface area contributed by atoms with Gasteiger partial charge in [0, 0.05) is 45.2 Å². The zero-order valence-corrected chi connectivity index (χ0v) is 16.5. The molecule has 9 heteroatoms. The van der Waals surface area contributed by atoms with Gasteiger partial charge in [0.25, 0.3) is 16.1 Å². The van der Waals surface area contributed by atoms with Crippen LogP contribution in [0.4, 0.5) is 0 Å². The minimum absolute atomic E-state index is 0.0372. The Morgan fingerprint density at radius 3 is 2.44 bits per heavy atom. The number of rotatable bonds is 6. The Morgan fingerprint density at radius 2 is 1.96 bits per heavy atom. The summed E-state index contributed by atoms with van der Waals surface area (Å²) in [7, 11) is -0.599. The summed E-state index contributed by atoms with van der Waals surface area (Å²) in [5, 5.41) is 3.87. The van der Waals surface area contributed by atoms with E-state index in [-0.39, 0.29) is 35.4 Å². The molecule has 0 aliphatic carbocycles. The van der Waals surface area contributed by atoms with Crippen molar-refractivity contribution in [2.45, 2.75) is 39.7 Å². The Morgan fingerprint density at radius 1 is 1.32 bits per heavy atom. The largest absolute Gasteiger partial charge is 0.360 e. The first-order valence-electron chi connectivity index (χ1n) is 8.48. The third kappa shape index (κ3) is 4.39. The molecule has 0 aromatic carbocycles. The molecule has 0 radical (unpaired) electrons. The van der Waals surface area contributed by atoms with Crippen molar-refractivity contribution in [1.29, 1.82) is 0 Å². The highest BCUT2D eigenvalue weighted by atomic mass is 32.2. The predicted molar refractivity (Wildman–Crippen MR) is 94.4 cm³/mol. The van der Waals surface area contributed by atoms with Gasteiger partial charge < -0.3 is 9.42 Å². The molecule has 1 aromatic rings. The fourth-order valence-corrected chi connectivity index (χ4v) is 3.76. The summed E-state index contributed by atoms with van der Waals surface area (Å²) in [6.07, 6.45) is 0. The van der Waals surface area contributed by atoms with Crippen LogP contribution in [0.2, 0.25) is 0 Å². The van der Waals surface area contributed by atoms with Crippen LogP contribution in [0.3, 0.4) is 0 Å². The molecule has 142 valence electrons. The summed E-state index contributed by atoms with van der Waals surface area (Å²) >= 11 is 0. The lowest BCUT2D eigenvalue weighted by atomic mass is 9.92. The number of aromatic nitrogens is 1. The fraction of sp³-hybridized carbons (Fsp3) is 0.750. The molecule has 25 heavy (non-hydrogen) atoms. The summed E-state index contributed by atoms with van der Waals surface area (Å²) in [6, 6.07) is 1.34. The first-order chi connectivity index (χ1) is 11.5. The Labute approximate surface area is 149 Å². The molecule has 2 unspecified atom stereocenters. The molecular formula is C16H28N4O4S. The van der Waals surface area contributed by atoms with E-state index in [0.29, 0.717) is 18.8 Å². The molecule has 1 aliphatic heterocycles. The minimum Gasteiger partial charge on any atom is -0.360 e. The van der Waals surface area contributed by atoms with E-state index < -0.39 is 10.2 Å². The lowest BCUT2D eigenvalue weighted by Gasteiger charge is -2.24. The van der Waals surface area contributed by atoms with E-state index in [0.717, 1.165) is 4.31 Å². The molecule has 0 saturated carbocycles. The highest BCUT2D eigenvalue weighted by Crippen LogP contribution is 2.27. The zero-order chi connectivity index (χ0) is 18.9. The first kappa shape index (κ1) is 19.9. The van der Waals surface area contributed by atoms with Gasteiger partial charge in [-0.25, -0.2) is 0 Å². The van der Waals surface area contributed by atoms with E-state index in [1.54, 1.807) is 11.0 Å². The number of nitrogens with zero attached hydrogens (tertiary/aromatic N) is 3. The molecule has 1 aromatic heterocycles. The van der Waals surface area contributed by atoms with Crippen LogP contribution in [0, 0.1) is 11.8 Å². The van der Waals surface area contributed by atoms with Crippen molar-refractivity contribution in [3.05, 3.63) is 17.5 Å². The molecule has 2 rings (SSSR count). The summed E-state index contributed by atoms with van der Waals surface area (Å²) in [4.78, 5) is 14.4. The van der Waals surface area contributed by atoms with Crippen LogP contribution in [0.1, 0.15) is 49.9 Å². The summed E-state index contributed by atoms with van der Waals surface area (Å²) in [5.74, 6) is 0.850. The lowest BCUT2D eigenvalue weighted by molar-refractivity contribution is 0.0772. The number of amides is 1. The summed E-state index contributed by atoms with van der Waals surface area (Å²) in [6.45, 7) is 8.79. The Bertz CT molecular complexity index is 711. The van der Waals surface area contributed by atoms with Gasteiger partial charge in [0.15, 0.2) is 5.69 Å². The minimum atomic E-state index is -3.56. The monoisotopic (exact) mass is 372 g/mol. The van der Waals surface area contributed by atoms with Crippen LogP contribution in [0.25, 0.3) is 0 Å². The van der Waals surface area contributed by atoms with Gasteiger partial charge in [-0.3, -0.25) is 4.79 Å². The van der Waals surface area contributed by atoms with Crippen LogP contribution in [-0.4, -0.2) is 61.9 Å². The number of likely N-dealkylation sites (tertiary alicyclic amines) is 1. The van der Waals surface area contributed by atoms with Crippen molar-refractivity contribution < 1.29 is 17.7 Å². The van der Waals surface area contributed by atoms with Gasteiger partial charge in [0.05, 0.1) is 0 Å². The Hall–Kier alpha value is -1.45. The molecule has 1 fully saturated rings. The number of carbonyl (C=O) groups is 1. The second kappa shape index (κ2) is 7.43. The molecule has 0 bridgehead atoms. The van der Waals surface area contributed by atoms with Crippen molar-refractivity contribution in [3.8, 4) is 0 Å². The standard InChI is InChI=1S/C16H28N4O4S/c1-10(2)12-8-20(9-14(12)18-25(22,23)19(5)6)16(21)13-7-15(11(3)4)24-17-13/h7,10-12,14,18H,8-9H2,1-6H3. The van der Waals surface area contributed by atoms with E-state index in [1.807, 2.05) is 27.7 Å². The molecule has 8 nitrogen and oxygen atoms in total. The van der Waals surface area contributed by atoms with Crippen molar-refractivity contribution in [1.82, 2.24) is 19.1 Å². The third-order valence-electron chi connectivity index (χ3n) is 4.61. The topological polar surface area (TPSA) is 95.8 Å². The SMILES string of the molecule is CC(C)c1cc(C(=O)N2CC(NS(=O)(=O)N(C)C)C(C(C)C)C2)no1. The van der Waals surface area contributed by atoms with Crippen LogP contribution in [0.15, 0.2) is 10.6 Å². The van der Waals surface area contributed by atoms with E-state index in [2.05, 4.69) is 9.88 Å². The van der Waals surface area contributed by atoms with Gasteiger partial charge >= 0.3 is 0 Å². The van der Waals surface area contributed by atoms with Gasteiger partial charge in [-0.1, -0.05) is 32.9 Å². The molecule has 2 atom stereocenters. The van der Waals surface area contributed by atoms with E-state index in [1.165, 1.54) is 14.1 Å². The van der Waals surface area contributed by atoms with Gasteiger partial charge in [-0.2, -0.15) is 17.4 Å². The smallest absolute Gasteiger partial charge is 0.279 e. The van der Waals surface area contributed by atoms with Crippen LogP contribution >= 0.6 is 0 Å². The maximum atomic E-state index is 12.7. The van der Waals surface area contributed by atoms with E-state index in [9.17, 15) is 13.2 Å². The summed E-state index contributed by atoms with van der Waals surface area (Å²) in [5.41, 5.74) is 0.266. The fourth-order valence-electron chi connectivity index (χ4n) is 2.92. The quantitative estimate of drug-likeness (QED) is 0.812. The lowest BCUT2D eigenvalue weighted by Crippen LogP contribution is -2.46. The van der Waals surface area contributed by atoms with Crippen molar-refractivity contribution in [2.24, 2.45) is 11.8 Å². The molecule has 2 heterocycles. The number of hydrogen-bond donors (Lipinski definition) is 1. The maximum Gasteiger partial charge on any atom is 0.279 e. The number of hydrogen-bond acceptors (Lipinski definition) is 5. The molecule has 1 N–H and O–H groups in total. The van der Waals surface area contributed by atoms with Gasteiger partial charge in [-0.05, 0) is 11.8 Å². The number of nitrogens with one attached hydrogen (secondary N) is 1. The Balaban J connectivity index is 2.16. The normalized spacial score (nSPS) is 21.7. The predicted octanol–water partition coefficient (Wildman–Crippen LogP) is 1.29. The van der Waals surface area contributed by atoms with Crippen molar-refractivity contribution in [2.75, 3.05) is 27.2 Å². The molecule has 1 saturated heterocycles. The van der Waals surface area contributed by atoms with Crippen LogP contribution in [-0.2, 0) is 10.2 Å². The van der Waals surface area contributed by atoms with Crippen LogP contribution in [0.5, 0.6) is 0 Å². The maximum absolute atomic E-state index is 12.7. The van der Waals surface area contributed by atoms with Crippen LogP contribution < -0.4 is 4.72 Å². The third-order valence-corrected chi connectivity index (χ3v) is 6.17. The zero-order valence-electron chi connectivity index (χ0n) is 15.7. The van der Waals surface area contributed by atoms with Crippen molar-refractivity contribution in [3.63, 3.8) is 0 Å². The highest BCUT2D eigenvalue weighted by Gasteiger charge is 2.40. The highest BCUT2D eigenvalue weighted by molar-refractivity contribution is 7.87. The summed E-state index contributed by atoms with van der Waals surface area (Å²) < 4.78 is 33.4. The average molecular weight is 372 g/mol. The van der Waals surface area contributed by atoms with Gasteiger partial charge in [0.2, 0.25) is 0 Å². The second-order valence-corrected chi connectivity index (χ2v) is 9.32. The van der Waals surface area contributed by atoms with Gasteiger partial charge in [-0.15, -0.1) is 0 Å². The van der Waals surface area contributed by atoms with E-state index >= 15 is 0 Å². The van der Waals surface area contributed by atoms with E-state index in [4.69, 9.17) is 4.52 Å². The molecule has 1 aliphatic rings. The first-order valence-corrected chi connectivity index (χ1v) is 9.92. The molecular weight excluding hydrogens is 344 g/mol. The molecule has 0 spiro atoms. The second-order valence-electron chi connectivity index (χ2n) is 7.40.